The molecule has 2 amide bonds. The molecule has 7 nitrogen and oxygen atoms in total. The molecule has 4 aromatic rings. The van der Waals surface area contributed by atoms with Crippen molar-refractivity contribution in [3.05, 3.63) is 72.1 Å². The predicted octanol–water partition coefficient (Wildman–Crippen LogP) is 3.09. The summed E-state index contributed by atoms with van der Waals surface area (Å²) in [6, 6.07) is 15.3. The second-order valence-corrected chi connectivity index (χ2v) is 7.81. The summed E-state index contributed by atoms with van der Waals surface area (Å²) >= 11 is 0. The molecule has 0 aliphatic carbocycles. The first-order chi connectivity index (χ1) is 15.6. The monoisotopic (exact) mass is 429 g/mol. The number of aliphatic hydroxyl groups excluding tert-OH is 1. The van der Waals surface area contributed by atoms with Crippen LogP contribution in [0.15, 0.2) is 60.9 Å². The van der Waals surface area contributed by atoms with E-state index in [1.165, 1.54) is 0 Å². The molecule has 1 aliphatic rings. The number of aliphatic hydroxyl groups is 1. The van der Waals surface area contributed by atoms with Gasteiger partial charge in [0.2, 0.25) is 0 Å². The molecule has 0 bridgehead atoms. The molecule has 0 radical (unpaired) electrons. The summed E-state index contributed by atoms with van der Waals surface area (Å²) in [7, 11) is 0. The molecule has 0 spiro atoms. The first-order valence-electron chi connectivity index (χ1n) is 10.6. The number of carbonyl (C=O) groups is 2. The molecule has 162 valence electrons. The number of hydrogen-bond donors (Lipinski definition) is 3. The lowest BCUT2D eigenvalue weighted by Crippen LogP contribution is -2.22. The summed E-state index contributed by atoms with van der Waals surface area (Å²) in [5.41, 5.74) is 3.80. The van der Waals surface area contributed by atoms with Crippen LogP contribution in [0.5, 0.6) is 0 Å². The van der Waals surface area contributed by atoms with Crippen molar-refractivity contribution < 1.29 is 19.4 Å². The van der Waals surface area contributed by atoms with Crippen molar-refractivity contribution in [2.75, 3.05) is 13.2 Å². The van der Waals surface area contributed by atoms with Crippen molar-refractivity contribution in [3.63, 3.8) is 0 Å². The average Bonchev–Trinajstić information content (AvgIpc) is 3.45. The summed E-state index contributed by atoms with van der Waals surface area (Å²) in [6.07, 6.45) is 2.91. The molecule has 2 aromatic carbocycles. The minimum atomic E-state index is -0.695. The van der Waals surface area contributed by atoms with E-state index in [4.69, 9.17) is 4.74 Å². The van der Waals surface area contributed by atoms with E-state index in [0.717, 1.165) is 21.8 Å². The number of aromatic amines is 1. The maximum atomic E-state index is 13.0. The van der Waals surface area contributed by atoms with Crippen LogP contribution in [0.3, 0.4) is 0 Å². The van der Waals surface area contributed by atoms with Gasteiger partial charge in [0.05, 0.1) is 30.4 Å². The molecule has 7 heteroatoms. The highest BCUT2D eigenvalue weighted by atomic mass is 16.5. The number of aromatic nitrogens is 2. The molecule has 1 unspecified atom stereocenters. The zero-order valence-corrected chi connectivity index (χ0v) is 17.6. The number of benzene rings is 2. The minimum absolute atomic E-state index is 0.223. The number of rotatable bonds is 7. The lowest BCUT2D eigenvalue weighted by atomic mass is 9.95. The van der Waals surface area contributed by atoms with E-state index in [0.29, 0.717) is 35.4 Å². The third-order valence-electron chi connectivity index (χ3n) is 5.77. The number of amides is 2. The van der Waals surface area contributed by atoms with Gasteiger partial charge in [0.25, 0.3) is 11.8 Å². The Morgan fingerprint density at radius 3 is 2.44 bits per heavy atom. The Bertz CT molecular complexity index is 1380. The van der Waals surface area contributed by atoms with E-state index in [1.54, 1.807) is 6.20 Å². The normalized spacial score (nSPS) is 15.2. The summed E-state index contributed by atoms with van der Waals surface area (Å²) in [6.45, 7) is 2.94. The Hall–Kier alpha value is -3.68. The van der Waals surface area contributed by atoms with Gasteiger partial charge < -0.3 is 19.4 Å². The maximum absolute atomic E-state index is 13.0. The van der Waals surface area contributed by atoms with Crippen molar-refractivity contribution in [1.29, 1.82) is 0 Å². The highest BCUT2D eigenvalue weighted by molar-refractivity contribution is 6.50. The van der Waals surface area contributed by atoms with Crippen molar-refractivity contribution in [1.82, 2.24) is 14.9 Å². The number of ether oxygens (including phenoxy) is 1. The fraction of sp³-hybridized carbons (Fsp3) is 0.200. The van der Waals surface area contributed by atoms with Gasteiger partial charge in [0.1, 0.15) is 0 Å². The molecule has 1 aliphatic heterocycles. The Morgan fingerprint density at radius 1 is 0.969 bits per heavy atom. The third-order valence-corrected chi connectivity index (χ3v) is 5.77. The first-order valence-corrected chi connectivity index (χ1v) is 10.6. The Morgan fingerprint density at radius 2 is 1.66 bits per heavy atom. The topological polar surface area (TPSA) is 96.3 Å². The highest BCUT2D eigenvalue weighted by Crippen LogP contribution is 2.38. The van der Waals surface area contributed by atoms with Crippen molar-refractivity contribution in [3.8, 4) is 0 Å². The molecule has 0 saturated carbocycles. The standard InChI is InChI=1S/C25H23N3O4/c1-2-32-14-15(29)12-28-13-19(17-8-4-6-10-21(17)28)23-22(24(30)27-25(23)31)18-11-26-20-9-5-3-7-16(18)20/h3-11,13,15,26,29H,2,12,14H2,1H3,(H,27,30,31). The second kappa shape index (κ2) is 8.11. The van der Waals surface area contributed by atoms with Gasteiger partial charge in [-0.05, 0) is 19.1 Å². The molecule has 3 heterocycles. The lowest BCUT2D eigenvalue weighted by Gasteiger charge is -2.12. The molecule has 3 N–H and O–H groups in total. The third kappa shape index (κ3) is 3.32. The predicted molar refractivity (Wildman–Crippen MR) is 123 cm³/mol. The van der Waals surface area contributed by atoms with Gasteiger partial charge in [0, 0.05) is 51.9 Å². The Kier molecular flexibility index (Phi) is 5.13. The van der Waals surface area contributed by atoms with Gasteiger partial charge in [-0.1, -0.05) is 36.4 Å². The van der Waals surface area contributed by atoms with Gasteiger partial charge in [0.15, 0.2) is 0 Å². The van der Waals surface area contributed by atoms with Crippen LogP contribution < -0.4 is 5.32 Å². The van der Waals surface area contributed by atoms with Gasteiger partial charge in [-0.3, -0.25) is 14.9 Å². The van der Waals surface area contributed by atoms with Crippen LogP contribution in [-0.4, -0.2) is 45.8 Å². The van der Waals surface area contributed by atoms with Crippen LogP contribution in [0.25, 0.3) is 33.0 Å². The van der Waals surface area contributed by atoms with Crippen molar-refractivity contribution in [2.24, 2.45) is 0 Å². The van der Waals surface area contributed by atoms with E-state index >= 15 is 0 Å². The largest absolute Gasteiger partial charge is 0.389 e. The number of nitrogens with one attached hydrogen (secondary N) is 2. The summed E-state index contributed by atoms with van der Waals surface area (Å²) in [5.74, 6) is -0.837. The number of para-hydroxylation sites is 2. The number of carbonyl (C=O) groups excluding carboxylic acids is 2. The molecule has 32 heavy (non-hydrogen) atoms. The number of imide groups is 1. The van der Waals surface area contributed by atoms with Crippen molar-refractivity contribution in [2.45, 2.75) is 19.6 Å². The van der Waals surface area contributed by atoms with E-state index in [1.807, 2.05) is 66.2 Å². The van der Waals surface area contributed by atoms with Crippen LogP contribution >= 0.6 is 0 Å². The van der Waals surface area contributed by atoms with E-state index in [9.17, 15) is 14.7 Å². The van der Waals surface area contributed by atoms with Crippen LogP contribution in [0.1, 0.15) is 18.1 Å². The molecule has 1 atom stereocenters. The molecular formula is C25H23N3O4. The number of hydrogen-bond acceptors (Lipinski definition) is 4. The van der Waals surface area contributed by atoms with Gasteiger partial charge >= 0.3 is 0 Å². The SMILES string of the molecule is CCOCC(O)Cn1cc(C2=C(c3c[nH]c4ccccc34)C(=O)NC2=O)c2ccccc21. The highest BCUT2D eigenvalue weighted by Gasteiger charge is 2.35. The Balaban J connectivity index is 1.69. The van der Waals surface area contributed by atoms with Gasteiger partial charge in [-0.15, -0.1) is 0 Å². The van der Waals surface area contributed by atoms with E-state index < -0.39 is 17.9 Å². The fourth-order valence-corrected chi connectivity index (χ4v) is 4.38. The van der Waals surface area contributed by atoms with E-state index in [-0.39, 0.29) is 6.61 Å². The first kappa shape index (κ1) is 20.2. The van der Waals surface area contributed by atoms with Crippen LogP contribution in [0.2, 0.25) is 0 Å². The van der Waals surface area contributed by atoms with Crippen LogP contribution in [0, 0.1) is 0 Å². The minimum Gasteiger partial charge on any atom is -0.389 e. The molecule has 2 aromatic heterocycles. The molecule has 0 saturated heterocycles. The summed E-state index contributed by atoms with van der Waals surface area (Å²) in [5, 5.41) is 14.6. The molecule has 0 fully saturated rings. The quantitative estimate of drug-likeness (QED) is 0.394. The number of nitrogens with zero attached hydrogens (tertiary/aromatic N) is 1. The zero-order chi connectivity index (χ0) is 22.2. The summed E-state index contributed by atoms with van der Waals surface area (Å²) in [4.78, 5) is 29.0. The van der Waals surface area contributed by atoms with Gasteiger partial charge in [-0.2, -0.15) is 0 Å². The van der Waals surface area contributed by atoms with Crippen LogP contribution in [0.4, 0.5) is 0 Å². The zero-order valence-electron chi connectivity index (χ0n) is 17.6. The lowest BCUT2D eigenvalue weighted by molar-refractivity contribution is -0.122. The smallest absolute Gasteiger partial charge is 0.259 e. The van der Waals surface area contributed by atoms with Crippen LogP contribution in [-0.2, 0) is 20.9 Å². The maximum Gasteiger partial charge on any atom is 0.259 e. The molecule has 5 rings (SSSR count). The second-order valence-electron chi connectivity index (χ2n) is 7.81. The number of fused-ring (bicyclic) bond motifs is 2. The number of H-pyrrole nitrogens is 1. The van der Waals surface area contributed by atoms with Crippen molar-refractivity contribution >= 4 is 44.8 Å². The Labute approximate surface area is 184 Å². The summed E-state index contributed by atoms with van der Waals surface area (Å²) < 4.78 is 7.25. The van der Waals surface area contributed by atoms with E-state index in [2.05, 4.69) is 10.3 Å². The average molecular weight is 429 g/mol. The molecular weight excluding hydrogens is 406 g/mol. The van der Waals surface area contributed by atoms with Gasteiger partial charge in [-0.25, -0.2) is 0 Å². The fourth-order valence-electron chi connectivity index (χ4n) is 4.38.